The second-order valence-electron chi connectivity index (χ2n) is 11.0. The van der Waals surface area contributed by atoms with Crippen LogP contribution in [0, 0.1) is 25.5 Å². The lowest BCUT2D eigenvalue weighted by Crippen LogP contribution is -2.25. The fourth-order valence-corrected chi connectivity index (χ4v) is 5.43. The molecule has 5 rings (SSSR count). The maximum absolute atomic E-state index is 15.6. The minimum atomic E-state index is -0.550. The van der Waals surface area contributed by atoms with Gasteiger partial charge in [0.15, 0.2) is 5.65 Å². The van der Waals surface area contributed by atoms with E-state index >= 15 is 8.78 Å². The second-order valence-corrected chi connectivity index (χ2v) is 11.0. The van der Waals surface area contributed by atoms with Gasteiger partial charge in [-0.2, -0.15) is 4.98 Å². The molecule has 47 heavy (non-hydrogen) atoms. The Morgan fingerprint density at radius 2 is 1.64 bits per heavy atom. The van der Waals surface area contributed by atoms with E-state index in [0.717, 1.165) is 31.7 Å². The zero-order valence-electron chi connectivity index (χ0n) is 28.1. The molecule has 0 aliphatic carbocycles. The van der Waals surface area contributed by atoms with E-state index in [9.17, 15) is 4.79 Å². The molecule has 7 nitrogen and oxygen atoms in total. The molecule has 246 valence electrons. The maximum Gasteiger partial charge on any atom is 0.256 e. The van der Waals surface area contributed by atoms with Crippen LogP contribution in [0.4, 0.5) is 20.4 Å². The van der Waals surface area contributed by atoms with Crippen molar-refractivity contribution in [2.24, 2.45) is 0 Å². The summed E-state index contributed by atoms with van der Waals surface area (Å²) in [6.45, 7) is 19.2. The largest absolute Gasteiger partial charge is 0.356 e. The number of nitrogens with one attached hydrogen (secondary N) is 2. The van der Waals surface area contributed by atoms with Crippen molar-refractivity contribution >= 4 is 28.4 Å². The molecule has 9 heteroatoms. The third-order valence-electron chi connectivity index (χ3n) is 8.01. The minimum Gasteiger partial charge on any atom is -0.356 e. The molecule has 2 N–H and O–H groups in total. The van der Waals surface area contributed by atoms with E-state index in [0.29, 0.717) is 45.6 Å². The number of aryl methyl sites for hydroxylation is 1. The summed E-state index contributed by atoms with van der Waals surface area (Å²) in [7, 11) is 0. The summed E-state index contributed by atoms with van der Waals surface area (Å²) in [6, 6.07) is 20.4. The Bertz CT molecular complexity index is 1880. The summed E-state index contributed by atoms with van der Waals surface area (Å²) >= 11 is 0. The van der Waals surface area contributed by atoms with Crippen LogP contribution in [0.1, 0.15) is 50.8 Å². The van der Waals surface area contributed by atoms with Crippen molar-refractivity contribution in [2.75, 3.05) is 36.8 Å². The van der Waals surface area contributed by atoms with E-state index in [2.05, 4.69) is 36.0 Å². The molecule has 0 fully saturated rings. The van der Waals surface area contributed by atoms with Crippen molar-refractivity contribution in [1.29, 1.82) is 0 Å². The summed E-state index contributed by atoms with van der Waals surface area (Å²) in [5, 5.41) is 7.02. The van der Waals surface area contributed by atoms with Crippen LogP contribution in [0.3, 0.4) is 0 Å². The average molecular weight is 639 g/mol. The first kappa shape index (κ1) is 35.0. The van der Waals surface area contributed by atoms with Gasteiger partial charge in [-0.05, 0) is 87.4 Å². The first-order chi connectivity index (χ1) is 22.7. The van der Waals surface area contributed by atoms with Crippen molar-refractivity contribution in [3.63, 3.8) is 0 Å². The van der Waals surface area contributed by atoms with Crippen molar-refractivity contribution in [3.05, 3.63) is 118 Å². The molecule has 0 amide bonds. The number of para-hydroxylation sites is 2. The summed E-state index contributed by atoms with van der Waals surface area (Å²) < 4.78 is 32.2. The molecule has 0 unspecified atom stereocenters. The highest BCUT2D eigenvalue weighted by Gasteiger charge is 2.21. The second kappa shape index (κ2) is 16.1. The molecular formula is C38H44F2N6O. The molecule has 0 spiro atoms. The minimum absolute atomic E-state index is 0.113. The number of aromatic nitrogens is 3. The topological polar surface area (TPSA) is 75.1 Å². The number of hydrogen-bond donors (Lipinski definition) is 2. The Morgan fingerprint density at radius 3 is 2.32 bits per heavy atom. The molecule has 0 atom stereocenters. The van der Waals surface area contributed by atoms with Crippen LogP contribution in [-0.2, 0) is 0 Å². The van der Waals surface area contributed by atoms with Crippen molar-refractivity contribution in [2.45, 2.75) is 48.0 Å². The smallest absolute Gasteiger partial charge is 0.256 e. The van der Waals surface area contributed by atoms with Gasteiger partial charge < -0.3 is 15.5 Å². The highest BCUT2D eigenvalue weighted by molar-refractivity contribution is 5.94. The summed E-state index contributed by atoms with van der Waals surface area (Å²) in [5.74, 6) is -0.722. The molecule has 2 heterocycles. The van der Waals surface area contributed by atoms with E-state index in [1.807, 2.05) is 50.2 Å². The summed E-state index contributed by atoms with van der Waals surface area (Å²) in [4.78, 5) is 25.3. The SMILES string of the molecule is C=C(Nc1ccccc1)c1cc(F)c(C)c(-c2nc(NCCCN(CC)CC)nc3c2ccc(=O)n3-c2c(C)cccc2F)c1.CC. The number of nitrogens with zero attached hydrogens (tertiary/aromatic N) is 4. The van der Waals surface area contributed by atoms with Gasteiger partial charge in [0, 0.05) is 40.5 Å². The van der Waals surface area contributed by atoms with E-state index in [-0.39, 0.29) is 17.3 Å². The van der Waals surface area contributed by atoms with Crippen molar-refractivity contribution < 1.29 is 8.78 Å². The fraction of sp³-hybridized carbons (Fsp3) is 0.289. The molecule has 2 aromatic heterocycles. The number of anilines is 2. The molecule has 0 aliphatic heterocycles. The quantitative estimate of drug-likeness (QED) is 0.133. The van der Waals surface area contributed by atoms with Gasteiger partial charge in [-0.3, -0.25) is 9.36 Å². The predicted molar refractivity (Wildman–Crippen MR) is 191 cm³/mol. The van der Waals surface area contributed by atoms with Crippen LogP contribution in [0.5, 0.6) is 0 Å². The number of rotatable bonds is 12. The van der Waals surface area contributed by atoms with E-state index in [4.69, 9.17) is 9.97 Å². The number of halogens is 2. The molecule has 0 saturated heterocycles. The van der Waals surface area contributed by atoms with Gasteiger partial charge in [0.2, 0.25) is 5.95 Å². The van der Waals surface area contributed by atoms with Crippen LogP contribution in [0.15, 0.2) is 84.2 Å². The normalized spacial score (nSPS) is 10.9. The Balaban J connectivity index is 0.00000245. The zero-order chi connectivity index (χ0) is 34.1. The Labute approximate surface area is 276 Å². The van der Waals surface area contributed by atoms with Crippen LogP contribution >= 0.6 is 0 Å². The standard InChI is InChI=1S/C36H38F2N6O.C2H6/c1-6-43(7-2)20-12-19-39-36-41-33(28-17-18-32(45)44(35(28)42-36)34-23(3)13-11-16-30(34)37)29-21-26(22-31(38)24(29)4)25(5)40-27-14-9-8-10-15-27;1-2/h8-11,13-18,21-22,40H,5-7,12,19-20H2,1-4H3,(H,39,41,42);1-2H3. The number of benzene rings is 3. The molecule has 0 bridgehead atoms. The van der Waals surface area contributed by atoms with Gasteiger partial charge in [0.05, 0.1) is 11.4 Å². The highest BCUT2D eigenvalue weighted by Crippen LogP contribution is 2.34. The van der Waals surface area contributed by atoms with Gasteiger partial charge in [-0.15, -0.1) is 0 Å². The van der Waals surface area contributed by atoms with Crippen molar-refractivity contribution in [3.8, 4) is 16.9 Å². The lowest BCUT2D eigenvalue weighted by Gasteiger charge is -2.19. The lowest BCUT2D eigenvalue weighted by atomic mass is 9.98. The van der Waals surface area contributed by atoms with E-state index in [1.54, 1.807) is 32.0 Å². The Hall–Kier alpha value is -4.89. The molecule has 3 aromatic carbocycles. The van der Waals surface area contributed by atoms with Crippen LogP contribution < -0.4 is 16.2 Å². The van der Waals surface area contributed by atoms with Gasteiger partial charge >= 0.3 is 0 Å². The van der Waals surface area contributed by atoms with Gasteiger partial charge in [0.1, 0.15) is 11.6 Å². The number of hydrogen-bond acceptors (Lipinski definition) is 6. The van der Waals surface area contributed by atoms with Crippen molar-refractivity contribution in [1.82, 2.24) is 19.4 Å². The third kappa shape index (κ3) is 7.92. The molecular weight excluding hydrogens is 594 g/mol. The number of pyridine rings is 1. The predicted octanol–water partition coefficient (Wildman–Crippen LogP) is 8.60. The highest BCUT2D eigenvalue weighted by atomic mass is 19.1. The maximum atomic E-state index is 15.6. The Kier molecular flexibility index (Phi) is 12.0. The summed E-state index contributed by atoms with van der Waals surface area (Å²) in [5.41, 5.74) is 3.63. The molecule has 0 aliphatic rings. The van der Waals surface area contributed by atoms with E-state index < -0.39 is 17.2 Å². The van der Waals surface area contributed by atoms with Gasteiger partial charge in [-0.25, -0.2) is 13.8 Å². The Morgan fingerprint density at radius 1 is 0.915 bits per heavy atom. The van der Waals surface area contributed by atoms with Crippen LogP contribution in [0.25, 0.3) is 33.7 Å². The number of fused-ring (bicyclic) bond motifs is 1. The van der Waals surface area contributed by atoms with Gasteiger partial charge in [-0.1, -0.05) is 64.6 Å². The molecule has 5 aromatic rings. The molecule has 0 radical (unpaired) electrons. The third-order valence-corrected chi connectivity index (χ3v) is 8.01. The van der Waals surface area contributed by atoms with Crippen LogP contribution in [0.2, 0.25) is 0 Å². The zero-order valence-corrected chi connectivity index (χ0v) is 28.1. The first-order valence-electron chi connectivity index (χ1n) is 16.2. The monoisotopic (exact) mass is 638 g/mol. The first-order valence-corrected chi connectivity index (χ1v) is 16.2. The van der Waals surface area contributed by atoms with Gasteiger partial charge in [0.25, 0.3) is 5.56 Å². The molecule has 0 saturated carbocycles. The average Bonchev–Trinajstić information content (AvgIpc) is 3.08. The lowest BCUT2D eigenvalue weighted by molar-refractivity contribution is 0.303. The fourth-order valence-electron chi connectivity index (χ4n) is 5.43. The summed E-state index contributed by atoms with van der Waals surface area (Å²) in [6.07, 6.45) is 0.834. The van der Waals surface area contributed by atoms with E-state index in [1.165, 1.54) is 22.8 Å². The van der Waals surface area contributed by atoms with Crippen LogP contribution in [-0.4, -0.2) is 45.6 Å².